The third-order valence-corrected chi connectivity index (χ3v) is 6.01. The van der Waals surface area contributed by atoms with Crippen LogP contribution in [0.1, 0.15) is 22.3 Å². The molecule has 1 aliphatic rings. The van der Waals surface area contributed by atoms with Crippen LogP contribution in [-0.4, -0.2) is 39.9 Å². The third kappa shape index (κ3) is 5.17. The summed E-state index contributed by atoms with van der Waals surface area (Å²) >= 11 is 0. The summed E-state index contributed by atoms with van der Waals surface area (Å²) in [5.41, 5.74) is 4.69. The van der Waals surface area contributed by atoms with Crippen molar-refractivity contribution in [2.75, 3.05) is 35.0 Å². The van der Waals surface area contributed by atoms with Crippen molar-refractivity contribution in [3.8, 4) is 28.7 Å². The Kier molecular flexibility index (Phi) is 7.25. The molecule has 6 heteroatoms. The van der Waals surface area contributed by atoms with E-state index in [-0.39, 0.29) is 0 Å². The Labute approximate surface area is 195 Å². The quantitative estimate of drug-likeness (QED) is 0.465. The van der Waals surface area contributed by atoms with E-state index in [9.17, 15) is 0 Å². The van der Waals surface area contributed by atoms with Crippen molar-refractivity contribution >= 4 is 0 Å². The second-order valence-corrected chi connectivity index (χ2v) is 8.02. The van der Waals surface area contributed by atoms with Crippen LogP contribution in [0.25, 0.3) is 0 Å². The molecule has 3 aromatic rings. The van der Waals surface area contributed by atoms with E-state index in [0.29, 0.717) is 18.9 Å². The largest absolute Gasteiger partial charge is 0.496 e. The highest BCUT2D eigenvalue weighted by molar-refractivity contribution is 5.51. The van der Waals surface area contributed by atoms with Crippen LogP contribution in [0.5, 0.6) is 28.7 Å². The maximum absolute atomic E-state index is 6.10. The van der Waals surface area contributed by atoms with Gasteiger partial charge in [-0.2, -0.15) is 0 Å². The predicted octanol–water partition coefficient (Wildman–Crippen LogP) is 4.86. The standard InChI is InChI=1S/C27H31NO5/c1-29-22-14-24(30-2)23(25(15-22)31-3)17-28-11-10-20-12-27(26(32-4)13-21(20)16-28)33-18-19-8-6-5-7-9-19/h5-9,12-15H,10-11,16-18H2,1-4H3. The zero-order valence-electron chi connectivity index (χ0n) is 19.7. The highest BCUT2D eigenvalue weighted by Gasteiger charge is 2.23. The molecular weight excluding hydrogens is 418 g/mol. The van der Waals surface area contributed by atoms with E-state index >= 15 is 0 Å². The Bertz CT molecular complexity index is 1060. The molecule has 1 heterocycles. The molecule has 4 rings (SSSR count). The van der Waals surface area contributed by atoms with Crippen molar-refractivity contribution in [2.24, 2.45) is 0 Å². The second-order valence-electron chi connectivity index (χ2n) is 8.02. The van der Waals surface area contributed by atoms with Crippen molar-refractivity contribution in [3.05, 3.63) is 76.9 Å². The number of fused-ring (bicyclic) bond motifs is 1. The molecule has 0 unspecified atom stereocenters. The van der Waals surface area contributed by atoms with E-state index in [2.05, 4.69) is 29.2 Å². The van der Waals surface area contributed by atoms with Crippen LogP contribution in [0.4, 0.5) is 0 Å². The van der Waals surface area contributed by atoms with Gasteiger partial charge in [-0.25, -0.2) is 0 Å². The molecule has 174 valence electrons. The fourth-order valence-corrected chi connectivity index (χ4v) is 4.22. The average molecular weight is 450 g/mol. The first kappa shape index (κ1) is 22.8. The molecule has 3 aromatic carbocycles. The maximum Gasteiger partial charge on any atom is 0.161 e. The highest BCUT2D eigenvalue weighted by atomic mass is 16.5. The molecule has 0 amide bonds. The maximum atomic E-state index is 6.10. The molecule has 33 heavy (non-hydrogen) atoms. The first-order chi connectivity index (χ1) is 16.1. The lowest BCUT2D eigenvalue weighted by atomic mass is 9.98. The molecule has 0 spiro atoms. The Morgan fingerprint density at radius 3 is 2.03 bits per heavy atom. The van der Waals surface area contributed by atoms with E-state index in [4.69, 9.17) is 23.7 Å². The van der Waals surface area contributed by atoms with Crippen LogP contribution >= 0.6 is 0 Å². The topological polar surface area (TPSA) is 49.4 Å². The third-order valence-electron chi connectivity index (χ3n) is 6.01. The summed E-state index contributed by atoms with van der Waals surface area (Å²) in [5, 5.41) is 0. The molecular formula is C27H31NO5. The van der Waals surface area contributed by atoms with Gasteiger partial charge in [0.2, 0.25) is 0 Å². The molecule has 0 N–H and O–H groups in total. The lowest BCUT2D eigenvalue weighted by Gasteiger charge is -2.30. The first-order valence-electron chi connectivity index (χ1n) is 11.0. The number of benzene rings is 3. The van der Waals surface area contributed by atoms with Gasteiger partial charge in [-0.15, -0.1) is 0 Å². The van der Waals surface area contributed by atoms with Gasteiger partial charge in [0.05, 0.1) is 34.0 Å². The van der Waals surface area contributed by atoms with Crippen molar-refractivity contribution in [3.63, 3.8) is 0 Å². The van der Waals surface area contributed by atoms with E-state index in [0.717, 1.165) is 53.6 Å². The second kappa shape index (κ2) is 10.5. The number of rotatable bonds is 9. The average Bonchev–Trinajstić information content (AvgIpc) is 2.87. The van der Waals surface area contributed by atoms with Crippen molar-refractivity contribution < 1.29 is 23.7 Å². The molecule has 0 radical (unpaired) electrons. The molecule has 0 bridgehead atoms. The first-order valence-corrected chi connectivity index (χ1v) is 11.0. The Morgan fingerprint density at radius 2 is 1.39 bits per heavy atom. The van der Waals surface area contributed by atoms with Crippen molar-refractivity contribution in [2.45, 2.75) is 26.1 Å². The van der Waals surface area contributed by atoms with Gasteiger partial charge in [-0.3, -0.25) is 4.90 Å². The predicted molar refractivity (Wildman–Crippen MR) is 128 cm³/mol. The summed E-state index contributed by atoms with van der Waals surface area (Å²) in [6.07, 6.45) is 0.932. The van der Waals surface area contributed by atoms with Gasteiger partial charge in [0, 0.05) is 31.8 Å². The molecule has 0 atom stereocenters. The smallest absolute Gasteiger partial charge is 0.161 e. The zero-order chi connectivity index (χ0) is 23.2. The van der Waals surface area contributed by atoms with Gasteiger partial charge in [0.25, 0.3) is 0 Å². The van der Waals surface area contributed by atoms with E-state index in [1.807, 2.05) is 30.3 Å². The van der Waals surface area contributed by atoms with E-state index in [1.165, 1.54) is 11.1 Å². The van der Waals surface area contributed by atoms with Gasteiger partial charge >= 0.3 is 0 Å². The number of hydrogen-bond acceptors (Lipinski definition) is 6. The Hall–Kier alpha value is -3.38. The Morgan fingerprint density at radius 1 is 0.727 bits per heavy atom. The zero-order valence-corrected chi connectivity index (χ0v) is 19.7. The summed E-state index contributed by atoms with van der Waals surface area (Å²) in [5.74, 6) is 3.78. The minimum absolute atomic E-state index is 0.513. The molecule has 0 aliphatic carbocycles. The minimum atomic E-state index is 0.513. The van der Waals surface area contributed by atoms with E-state index in [1.54, 1.807) is 28.4 Å². The van der Waals surface area contributed by atoms with Crippen LogP contribution in [-0.2, 0) is 26.1 Å². The fraction of sp³-hybridized carbons (Fsp3) is 0.333. The van der Waals surface area contributed by atoms with Crippen molar-refractivity contribution in [1.82, 2.24) is 4.90 Å². The van der Waals surface area contributed by atoms with Gasteiger partial charge in [0.1, 0.15) is 23.9 Å². The fourth-order valence-electron chi connectivity index (χ4n) is 4.22. The van der Waals surface area contributed by atoms with Gasteiger partial charge in [-0.05, 0) is 35.2 Å². The number of ether oxygens (including phenoxy) is 5. The lowest BCUT2D eigenvalue weighted by molar-refractivity contribution is 0.234. The molecule has 6 nitrogen and oxygen atoms in total. The summed E-state index contributed by atoms with van der Waals surface area (Å²) in [6, 6.07) is 18.2. The molecule has 0 fully saturated rings. The highest BCUT2D eigenvalue weighted by Crippen LogP contribution is 2.38. The molecule has 0 saturated carbocycles. The van der Waals surface area contributed by atoms with Crippen LogP contribution < -0.4 is 23.7 Å². The summed E-state index contributed by atoms with van der Waals surface area (Å²) in [4.78, 5) is 2.39. The van der Waals surface area contributed by atoms with Gasteiger partial charge < -0.3 is 23.7 Å². The van der Waals surface area contributed by atoms with Crippen LogP contribution in [0, 0.1) is 0 Å². The van der Waals surface area contributed by atoms with E-state index < -0.39 is 0 Å². The summed E-state index contributed by atoms with van der Waals surface area (Å²) in [7, 11) is 6.67. The van der Waals surface area contributed by atoms with Crippen molar-refractivity contribution in [1.29, 1.82) is 0 Å². The monoisotopic (exact) mass is 449 g/mol. The van der Waals surface area contributed by atoms with Gasteiger partial charge in [-0.1, -0.05) is 30.3 Å². The van der Waals surface area contributed by atoms with Crippen LogP contribution in [0.15, 0.2) is 54.6 Å². The molecule has 0 saturated heterocycles. The van der Waals surface area contributed by atoms with Crippen LogP contribution in [0.2, 0.25) is 0 Å². The Balaban J connectivity index is 1.52. The van der Waals surface area contributed by atoms with Crippen LogP contribution in [0.3, 0.4) is 0 Å². The number of methoxy groups -OCH3 is 4. The summed E-state index contributed by atoms with van der Waals surface area (Å²) in [6.45, 7) is 2.96. The molecule has 0 aromatic heterocycles. The van der Waals surface area contributed by atoms with Gasteiger partial charge in [0.15, 0.2) is 11.5 Å². The SMILES string of the molecule is COc1cc(OC)c(CN2CCc3cc(OCc4ccccc4)c(OC)cc3C2)c(OC)c1. The minimum Gasteiger partial charge on any atom is -0.496 e. The lowest BCUT2D eigenvalue weighted by Crippen LogP contribution is -2.30. The molecule has 1 aliphatic heterocycles. The summed E-state index contributed by atoms with van der Waals surface area (Å²) < 4.78 is 28.4. The number of hydrogen-bond donors (Lipinski definition) is 0. The number of nitrogens with zero attached hydrogens (tertiary/aromatic N) is 1. The normalized spacial score (nSPS) is 13.2.